The van der Waals surface area contributed by atoms with E-state index in [2.05, 4.69) is 12.2 Å². The van der Waals surface area contributed by atoms with E-state index < -0.39 is 10.0 Å². The number of rotatable bonds is 11. The van der Waals surface area contributed by atoms with Gasteiger partial charge < -0.3 is 5.32 Å². The molecule has 0 radical (unpaired) electrons. The van der Waals surface area contributed by atoms with Crippen molar-refractivity contribution in [2.24, 2.45) is 0 Å². The van der Waals surface area contributed by atoms with Crippen molar-refractivity contribution < 1.29 is 8.42 Å². The van der Waals surface area contributed by atoms with Gasteiger partial charge in [-0.25, -0.2) is 12.7 Å². The fourth-order valence-corrected chi connectivity index (χ4v) is 4.14. The maximum absolute atomic E-state index is 12.1. The van der Waals surface area contributed by atoms with E-state index in [1.165, 1.54) is 0 Å². The summed E-state index contributed by atoms with van der Waals surface area (Å²) in [6.45, 7) is 5.88. The third-order valence-electron chi connectivity index (χ3n) is 2.97. The monoisotopic (exact) mass is 296 g/mol. The molecular formula is C12H28N2O2S2. The zero-order chi connectivity index (χ0) is 14.0. The number of nitrogens with zero attached hydrogens (tertiary/aromatic N) is 1. The molecule has 110 valence electrons. The predicted octanol–water partition coefficient (Wildman–Crippen LogP) is 1.78. The van der Waals surface area contributed by atoms with Crippen molar-refractivity contribution in [3.05, 3.63) is 0 Å². The fraction of sp³-hybridized carbons (Fsp3) is 1.00. The van der Waals surface area contributed by atoms with Gasteiger partial charge in [-0.2, -0.15) is 11.8 Å². The van der Waals surface area contributed by atoms with E-state index in [0.717, 1.165) is 31.7 Å². The summed E-state index contributed by atoms with van der Waals surface area (Å²) < 4.78 is 25.8. The van der Waals surface area contributed by atoms with Gasteiger partial charge in [0.2, 0.25) is 10.0 Å². The molecule has 6 heteroatoms. The number of sulfonamides is 1. The van der Waals surface area contributed by atoms with Crippen LogP contribution in [0.1, 0.15) is 33.1 Å². The molecule has 0 aliphatic rings. The Kier molecular flexibility index (Phi) is 10.2. The largest absolute Gasteiger partial charge is 0.317 e. The topological polar surface area (TPSA) is 49.4 Å². The van der Waals surface area contributed by atoms with Gasteiger partial charge in [-0.15, -0.1) is 0 Å². The van der Waals surface area contributed by atoms with Gasteiger partial charge in [-0.3, -0.25) is 0 Å². The minimum Gasteiger partial charge on any atom is -0.317 e. The highest BCUT2D eigenvalue weighted by Gasteiger charge is 2.24. The van der Waals surface area contributed by atoms with E-state index in [1.54, 1.807) is 23.1 Å². The summed E-state index contributed by atoms with van der Waals surface area (Å²) in [6.07, 6.45) is 4.64. The van der Waals surface area contributed by atoms with E-state index in [0.29, 0.717) is 6.42 Å². The van der Waals surface area contributed by atoms with Crippen LogP contribution in [0, 0.1) is 0 Å². The second-order valence-corrected chi connectivity index (χ2v) is 7.51. The second-order valence-electron chi connectivity index (χ2n) is 4.45. The molecule has 0 spiro atoms. The number of hydrogen-bond acceptors (Lipinski definition) is 4. The van der Waals surface area contributed by atoms with Crippen LogP contribution in [0.4, 0.5) is 0 Å². The lowest BCUT2D eigenvalue weighted by molar-refractivity contribution is 0.384. The molecule has 0 saturated carbocycles. The molecule has 0 aliphatic heterocycles. The molecule has 0 aromatic heterocycles. The van der Waals surface area contributed by atoms with Gasteiger partial charge in [0, 0.05) is 18.8 Å². The van der Waals surface area contributed by atoms with E-state index in [-0.39, 0.29) is 11.8 Å². The highest BCUT2D eigenvalue weighted by atomic mass is 32.2. The summed E-state index contributed by atoms with van der Waals surface area (Å²) >= 11 is 1.70. The quantitative estimate of drug-likeness (QED) is 0.591. The number of hydrogen-bond donors (Lipinski definition) is 1. The van der Waals surface area contributed by atoms with Gasteiger partial charge in [0.1, 0.15) is 0 Å². The van der Waals surface area contributed by atoms with Crippen LogP contribution in [0.5, 0.6) is 0 Å². The molecule has 0 aliphatic carbocycles. The zero-order valence-corrected chi connectivity index (χ0v) is 13.7. The second kappa shape index (κ2) is 10.1. The maximum atomic E-state index is 12.1. The Morgan fingerprint density at radius 3 is 2.44 bits per heavy atom. The molecule has 1 N–H and O–H groups in total. The molecule has 18 heavy (non-hydrogen) atoms. The fourth-order valence-electron chi connectivity index (χ4n) is 1.72. The molecule has 0 bridgehead atoms. The van der Waals surface area contributed by atoms with Gasteiger partial charge in [-0.05, 0) is 38.6 Å². The molecule has 1 atom stereocenters. The van der Waals surface area contributed by atoms with Gasteiger partial charge >= 0.3 is 0 Å². The lowest BCUT2D eigenvalue weighted by Gasteiger charge is -2.26. The Morgan fingerprint density at radius 1 is 1.28 bits per heavy atom. The highest BCUT2D eigenvalue weighted by Crippen LogP contribution is 2.13. The molecule has 0 fully saturated rings. The Bertz CT molecular complexity index is 294. The lowest BCUT2D eigenvalue weighted by Crippen LogP contribution is -2.40. The van der Waals surface area contributed by atoms with Gasteiger partial charge in [0.05, 0.1) is 5.75 Å². The van der Waals surface area contributed by atoms with Crippen molar-refractivity contribution in [2.75, 3.05) is 37.9 Å². The molecule has 0 rings (SSSR count). The van der Waals surface area contributed by atoms with Crippen LogP contribution in [0.15, 0.2) is 0 Å². The smallest absolute Gasteiger partial charge is 0.214 e. The van der Waals surface area contributed by atoms with Crippen LogP contribution >= 0.6 is 11.8 Å². The van der Waals surface area contributed by atoms with Gasteiger partial charge in [-0.1, -0.05) is 13.8 Å². The lowest BCUT2D eigenvalue weighted by atomic mass is 10.3. The molecule has 0 amide bonds. The Hall–Kier alpha value is 0.220. The number of thioether (sulfide) groups is 1. The summed E-state index contributed by atoms with van der Waals surface area (Å²) in [5.41, 5.74) is 0. The average Bonchev–Trinajstić information content (AvgIpc) is 2.34. The van der Waals surface area contributed by atoms with Crippen LogP contribution in [0.3, 0.4) is 0 Å². The molecular weight excluding hydrogens is 268 g/mol. The van der Waals surface area contributed by atoms with E-state index in [1.807, 2.05) is 13.2 Å². The predicted molar refractivity (Wildman–Crippen MR) is 81.8 cm³/mol. The number of nitrogens with one attached hydrogen (secondary N) is 1. The minimum atomic E-state index is -3.10. The van der Waals surface area contributed by atoms with Crippen molar-refractivity contribution in [1.82, 2.24) is 9.62 Å². The Balaban J connectivity index is 4.17. The first-order valence-electron chi connectivity index (χ1n) is 6.64. The average molecular weight is 297 g/mol. The van der Waals surface area contributed by atoms with Crippen molar-refractivity contribution in [2.45, 2.75) is 39.2 Å². The van der Waals surface area contributed by atoms with Crippen molar-refractivity contribution in [3.8, 4) is 0 Å². The summed E-state index contributed by atoms with van der Waals surface area (Å²) in [5, 5.41) is 3.23. The first-order valence-corrected chi connectivity index (χ1v) is 9.65. The Morgan fingerprint density at radius 2 is 1.94 bits per heavy atom. The maximum Gasteiger partial charge on any atom is 0.214 e. The van der Waals surface area contributed by atoms with Crippen LogP contribution in [0.2, 0.25) is 0 Å². The first-order chi connectivity index (χ1) is 8.49. The Labute approximate surface area is 117 Å². The highest BCUT2D eigenvalue weighted by molar-refractivity contribution is 7.98. The summed E-state index contributed by atoms with van der Waals surface area (Å²) in [7, 11) is -1.39. The zero-order valence-electron chi connectivity index (χ0n) is 12.1. The minimum absolute atomic E-state index is 0.119. The summed E-state index contributed by atoms with van der Waals surface area (Å²) in [4.78, 5) is 0. The summed E-state index contributed by atoms with van der Waals surface area (Å²) in [6, 6.07) is 0.119. The molecule has 1 unspecified atom stereocenters. The first kappa shape index (κ1) is 18.2. The van der Waals surface area contributed by atoms with E-state index >= 15 is 0 Å². The third kappa shape index (κ3) is 6.97. The van der Waals surface area contributed by atoms with Crippen LogP contribution in [-0.2, 0) is 10.0 Å². The van der Waals surface area contributed by atoms with Crippen LogP contribution in [-0.4, -0.2) is 56.7 Å². The van der Waals surface area contributed by atoms with Gasteiger partial charge in [0.25, 0.3) is 0 Å². The van der Waals surface area contributed by atoms with Crippen molar-refractivity contribution in [3.63, 3.8) is 0 Å². The SMILES string of the molecule is CCCNCCCS(=O)(=O)N(C)C(CC)CSC. The van der Waals surface area contributed by atoms with Crippen LogP contribution in [0.25, 0.3) is 0 Å². The molecule has 4 nitrogen and oxygen atoms in total. The molecule has 0 saturated heterocycles. The van der Waals surface area contributed by atoms with E-state index in [4.69, 9.17) is 0 Å². The van der Waals surface area contributed by atoms with Crippen molar-refractivity contribution >= 4 is 21.8 Å². The molecule has 0 aromatic rings. The van der Waals surface area contributed by atoms with Crippen molar-refractivity contribution in [1.29, 1.82) is 0 Å². The molecule has 0 heterocycles. The standard InChI is InChI=1S/C12H28N2O2S2/c1-5-8-13-9-7-10-18(15,16)14(3)12(6-2)11-17-4/h12-13H,5-11H2,1-4H3. The normalized spacial score (nSPS) is 14.1. The van der Waals surface area contributed by atoms with Gasteiger partial charge in [0.15, 0.2) is 0 Å². The van der Waals surface area contributed by atoms with Crippen LogP contribution < -0.4 is 5.32 Å². The molecule has 0 aromatic carbocycles. The van der Waals surface area contributed by atoms with E-state index in [9.17, 15) is 8.42 Å². The summed E-state index contributed by atoms with van der Waals surface area (Å²) in [5.74, 6) is 1.10. The third-order valence-corrected chi connectivity index (χ3v) is 5.66.